The van der Waals surface area contributed by atoms with Crippen molar-refractivity contribution in [3.63, 3.8) is 0 Å². The lowest BCUT2D eigenvalue weighted by Crippen LogP contribution is -2.13. The molecule has 0 aliphatic carbocycles. The second-order valence-electron chi connectivity index (χ2n) is 4.09. The Labute approximate surface area is 90.6 Å². The molecule has 0 bridgehead atoms. The predicted octanol–water partition coefficient (Wildman–Crippen LogP) is 1.19. The van der Waals surface area contributed by atoms with E-state index in [-0.39, 0.29) is 0 Å². The molecule has 0 saturated carbocycles. The van der Waals surface area contributed by atoms with Gasteiger partial charge in [0.15, 0.2) is 0 Å². The van der Waals surface area contributed by atoms with Crippen LogP contribution in [0.2, 0.25) is 0 Å². The molecule has 0 aromatic carbocycles. The summed E-state index contributed by atoms with van der Waals surface area (Å²) in [6, 6.07) is 0. The molecule has 0 aliphatic heterocycles. The van der Waals surface area contributed by atoms with Crippen LogP contribution in [0, 0.1) is 12.8 Å². The molecule has 0 saturated heterocycles. The normalized spacial score (nSPS) is 11.1. The van der Waals surface area contributed by atoms with Crippen LogP contribution >= 0.6 is 0 Å². The summed E-state index contributed by atoms with van der Waals surface area (Å²) in [7, 11) is 1.86. The number of nitrogens with two attached hydrogens (primary N) is 1. The van der Waals surface area contributed by atoms with Crippen LogP contribution in [0.5, 0.6) is 0 Å². The summed E-state index contributed by atoms with van der Waals surface area (Å²) in [5, 5.41) is 4.27. The van der Waals surface area contributed by atoms with Crippen molar-refractivity contribution in [3.8, 4) is 0 Å². The van der Waals surface area contributed by atoms with Crippen LogP contribution in [-0.4, -0.2) is 16.4 Å². The maximum Gasteiger partial charge on any atom is 0.143 e. The first kappa shape index (κ1) is 12.0. The van der Waals surface area contributed by atoms with Gasteiger partial charge in [0.25, 0.3) is 0 Å². The highest BCUT2D eigenvalue weighted by Gasteiger charge is 2.12. The fourth-order valence-electron chi connectivity index (χ4n) is 1.45. The third-order valence-corrected chi connectivity index (χ3v) is 2.18. The van der Waals surface area contributed by atoms with Crippen molar-refractivity contribution < 1.29 is 4.74 Å². The van der Waals surface area contributed by atoms with Gasteiger partial charge in [0.2, 0.25) is 0 Å². The van der Waals surface area contributed by atoms with E-state index < -0.39 is 0 Å². The number of nitrogens with zero attached hydrogens (tertiary/aromatic N) is 2. The number of nitrogens with one attached hydrogen (secondary N) is 1. The van der Waals surface area contributed by atoms with Crippen molar-refractivity contribution in [2.45, 2.75) is 27.4 Å². The van der Waals surface area contributed by atoms with Gasteiger partial charge in [-0.1, -0.05) is 13.8 Å². The van der Waals surface area contributed by atoms with Crippen molar-refractivity contribution in [1.29, 1.82) is 0 Å². The summed E-state index contributed by atoms with van der Waals surface area (Å²) in [5.74, 6) is 6.78. The number of rotatable bonds is 5. The molecule has 15 heavy (non-hydrogen) atoms. The number of aryl methyl sites for hydroxylation is 2. The molecule has 1 heterocycles. The van der Waals surface area contributed by atoms with Crippen LogP contribution in [0.4, 0.5) is 5.82 Å². The highest BCUT2D eigenvalue weighted by molar-refractivity contribution is 5.45. The van der Waals surface area contributed by atoms with Crippen molar-refractivity contribution in [2.75, 3.05) is 12.0 Å². The summed E-state index contributed by atoms with van der Waals surface area (Å²) < 4.78 is 7.29. The third kappa shape index (κ3) is 2.94. The average molecular weight is 212 g/mol. The number of nitrogen functional groups attached to an aromatic ring is 1. The topological polar surface area (TPSA) is 65.1 Å². The largest absolute Gasteiger partial charge is 0.376 e. The van der Waals surface area contributed by atoms with E-state index in [0.717, 1.165) is 23.7 Å². The Kier molecular flexibility index (Phi) is 4.11. The van der Waals surface area contributed by atoms with E-state index in [4.69, 9.17) is 10.6 Å². The van der Waals surface area contributed by atoms with Gasteiger partial charge in [-0.2, -0.15) is 5.10 Å². The molecule has 5 heteroatoms. The highest BCUT2D eigenvalue weighted by Crippen LogP contribution is 2.18. The van der Waals surface area contributed by atoms with Gasteiger partial charge in [-0.15, -0.1) is 0 Å². The maximum atomic E-state index is 5.57. The fourth-order valence-corrected chi connectivity index (χ4v) is 1.45. The Morgan fingerprint density at radius 1 is 1.53 bits per heavy atom. The van der Waals surface area contributed by atoms with Crippen LogP contribution in [0.15, 0.2) is 0 Å². The number of hydrogen-bond donors (Lipinski definition) is 2. The molecule has 0 radical (unpaired) electrons. The van der Waals surface area contributed by atoms with E-state index in [9.17, 15) is 0 Å². The molecule has 0 aliphatic rings. The van der Waals surface area contributed by atoms with E-state index in [1.54, 1.807) is 4.68 Å². The van der Waals surface area contributed by atoms with E-state index >= 15 is 0 Å². The van der Waals surface area contributed by atoms with Crippen molar-refractivity contribution in [2.24, 2.45) is 18.8 Å². The predicted molar refractivity (Wildman–Crippen MR) is 60.2 cm³/mol. The molecule has 0 fully saturated rings. The lowest BCUT2D eigenvalue weighted by molar-refractivity contribution is 0.0970. The second kappa shape index (κ2) is 5.14. The minimum Gasteiger partial charge on any atom is -0.376 e. The lowest BCUT2D eigenvalue weighted by atomic mass is 10.2. The van der Waals surface area contributed by atoms with Gasteiger partial charge in [-0.05, 0) is 12.8 Å². The number of hydrogen-bond acceptors (Lipinski definition) is 4. The van der Waals surface area contributed by atoms with Crippen LogP contribution in [0.25, 0.3) is 0 Å². The number of anilines is 1. The van der Waals surface area contributed by atoms with Gasteiger partial charge in [0.05, 0.1) is 12.3 Å². The van der Waals surface area contributed by atoms with E-state index in [1.807, 2.05) is 14.0 Å². The Hall–Kier alpha value is -1.07. The first-order chi connectivity index (χ1) is 7.06. The summed E-state index contributed by atoms with van der Waals surface area (Å²) in [4.78, 5) is 0. The molecule has 1 rings (SSSR count). The van der Waals surface area contributed by atoms with E-state index in [0.29, 0.717) is 12.5 Å². The van der Waals surface area contributed by atoms with Gasteiger partial charge in [-0.25, -0.2) is 5.84 Å². The highest BCUT2D eigenvalue weighted by atomic mass is 16.5. The molecule has 0 unspecified atom stereocenters. The average Bonchev–Trinajstić information content (AvgIpc) is 2.41. The Bertz CT molecular complexity index is 319. The molecule has 86 valence electrons. The first-order valence-corrected chi connectivity index (χ1v) is 5.13. The molecule has 3 N–H and O–H groups in total. The molecule has 5 nitrogen and oxygen atoms in total. The monoisotopic (exact) mass is 212 g/mol. The van der Waals surface area contributed by atoms with Crippen LogP contribution in [0.1, 0.15) is 25.1 Å². The zero-order valence-corrected chi connectivity index (χ0v) is 9.87. The van der Waals surface area contributed by atoms with Crippen LogP contribution in [0.3, 0.4) is 0 Å². The third-order valence-electron chi connectivity index (χ3n) is 2.18. The summed E-state index contributed by atoms with van der Waals surface area (Å²) >= 11 is 0. The standard InChI is InChI=1S/C10H20N4O/c1-7(2)5-15-6-9-8(3)13-14(4)10(9)12-11/h7,12H,5-6,11H2,1-4H3. The summed E-state index contributed by atoms with van der Waals surface area (Å²) in [6.45, 7) is 7.50. The van der Waals surface area contributed by atoms with Gasteiger partial charge < -0.3 is 10.2 Å². The van der Waals surface area contributed by atoms with Crippen molar-refractivity contribution in [3.05, 3.63) is 11.3 Å². The molecular formula is C10H20N4O. The minimum atomic E-state index is 0.538. The van der Waals surface area contributed by atoms with Gasteiger partial charge in [-0.3, -0.25) is 4.68 Å². The summed E-state index contributed by atoms with van der Waals surface area (Å²) in [5.41, 5.74) is 4.62. The molecule has 0 spiro atoms. The number of hydrazine groups is 1. The SMILES string of the molecule is Cc1nn(C)c(NN)c1COCC(C)C. The smallest absolute Gasteiger partial charge is 0.143 e. The summed E-state index contributed by atoms with van der Waals surface area (Å²) in [6.07, 6.45) is 0. The zero-order chi connectivity index (χ0) is 11.4. The zero-order valence-electron chi connectivity index (χ0n) is 9.87. The van der Waals surface area contributed by atoms with Crippen LogP contribution < -0.4 is 11.3 Å². The lowest BCUT2D eigenvalue weighted by Gasteiger charge is -2.08. The van der Waals surface area contributed by atoms with Crippen molar-refractivity contribution >= 4 is 5.82 Å². The number of ether oxygens (including phenoxy) is 1. The van der Waals surface area contributed by atoms with E-state index in [1.165, 1.54) is 0 Å². The number of aromatic nitrogens is 2. The van der Waals surface area contributed by atoms with Crippen LogP contribution in [-0.2, 0) is 18.4 Å². The van der Waals surface area contributed by atoms with Gasteiger partial charge in [0.1, 0.15) is 5.82 Å². The van der Waals surface area contributed by atoms with Gasteiger partial charge in [0, 0.05) is 19.2 Å². The minimum absolute atomic E-state index is 0.538. The molecule has 0 amide bonds. The maximum absolute atomic E-state index is 5.57. The van der Waals surface area contributed by atoms with Gasteiger partial charge >= 0.3 is 0 Å². The quantitative estimate of drug-likeness (QED) is 0.568. The first-order valence-electron chi connectivity index (χ1n) is 5.13. The fraction of sp³-hybridized carbons (Fsp3) is 0.700. The molecule has 1 aromatic heterocycles. The molecular weight excluding hydrogens is 192 g/mol. The Balaban J connectivity index is 2.67. The Morgan fingerprint density at radius 2 is 2.20 bits per heavy atom. The second-order valence-corrected chi connectivity index (χ2v) is 4.09. The van der Waals surface area contributed by atoms with E-state index in [2.05, 4.69) is 24.4 Å². The van der Waals surface area contributed by atoms with Crippen molar-refractivity contribution in [1.82, 2.24) is 9.78 Å². The Morgan fingerprint density at radius 3 is 2.73 bits per heavy atom. The molecule has 0 atom stereocenters. The molecule has 1 aromatic rings.